The number of nitrogens with two attached hydrogens (primary N) is 2. The van der Waals surface area contributed by atoms with Crippen LogP contribution in [0.15, 0.2) is 24.3 Å². The molecule has 0 heterocycles. The minimum absolute atomic E-state index is 0.109. The van der Waals surface area contributed by atoms with Crippen LogP contribution in [0.25, 0.3) is 0 Å². The normalized spacial score (nSPS) is 11.6. The van der Waals surface area contributed by atoms with Gasteiger partial charge in [-0.3, -0.25) is 0 Å². The summed E-state index contributed by atoms with van der Waals surface area (Å²) in [5.74, 6) is 0. The lowest BCUT2D eigenvalue weighted by Crippen LogP contribution is -2.32. The first-order valence-electron chi connectivity index (χ1n) is 4.61. The summed E-state index contributed by atoms with van der Waals surface area (Å²) in [5, 5.41) is 0. The van der Waals surface area contributed by atoms with Crippen LogP contribution in [-0.2, 0) is 6.42 Å². The third-order valence-corrected chi connectivity index (χ3v) is 2.09. The average Bonchev–Trinajstić information content (AvgIpc) is 2.01. The second-order valence-corrected chi connectivity index (χ2v) is 4.19. The molecule has 0 saturated carbocycles. The smallest absolute Gasteiger partial charge is 0.0346 e. The highest BCUT2D eigenvalue weighted by atomic mass is 14.7. The van der Waals surface area contributed by atoms with Crippen LogP contribution in [-0.4, -0.2) is 5.54 Å². The number of rotatable bonds is 3. The van der Waals surface area contributed by atoms with Gasteiger partial charge in [0.1, 0.15) is 0 Å². The molecule has 4 N–H and O–H groups in total. The Morgan fingerprint density at radius 1 is 1.23 bits per heavy atom. The molecule has 1 aromatic rings. The molecule has 0 bridgehead atoms. The van der Waals surface area contributed by atoms with Crippen LogP contribution in [0, 0.1) is 0 Å². The molecule has 0 spiro atoms. The molecule has 0 aliphatic carbocycles. The Kier molecular flexibility index (Phi) is 2.94. The van der Waals surface area contributed by atoms with Crippen molar-refractivity contribution in [1.29, 1.82) is 0 Å². The van der Waals surface area contributed by atoms with Crippen LogP contribution in [0.1, 0.15) is 25.8 Å². The quantitative estimate of drug-likeness (QED) is 0.695. The van der Waals surface area contributed by atoms with Gasteiger partial charge in [0, 0.05) is 11.2 Å². The fourth-order valence-electron chi connectivity index (χ4n) is 1.22. The minimum atomic E-state index is -0.109. The predicted molar refractivity (Wildman–Crippen MR) is 57.4 cm³/mol. The number of nitrogen functional groups attached to an aromatic ring is 1. The average molecular weight is 178 g/mol. The van der Waals surface area contributed by atoms with Crippen LogP contribution in [0.5, 0.6) is 0 Å². The van der Waals surface area contributed by atoms with Gasteiger partial charge in [0.25, 0.3) is 0 Å². The van der Waals surface area contributed by atoms with Crippen LogP contribution in [0.3, 0.4) is 0 Å². The SMILES string of the molecule is CC(C)(N)CCc1ccccc1N. The zero-order valence-electron chi connectivity index (χ0n) is 8.38. The lowest BCUT2D eigenvalue weighted by Gasteiger charge is -2.18. The molecule has 0 aliphatic rings. The van der Waals surface area contributed by atoms with Gasteiger partial charge < -0.3 is 11.5 Å². The van der Waals surface area contributed by atoms with Crippen molar-refractivity contribution >= 4 is 5.69 Å². The number of hydrogen-bond acceptors (Lipinski definition) is 2. The standard InChI is InChI=1S/C11H18N2/c1-11(2,13)8-7-9-5-3-4-6-10(9)12/h3-6H,7-8,12-13H2,1-2H3. The Balaban J connectivity index is 2.60. The van der Waals surface area contributed by atoms with Crippen molar-refractivity contribution in [3.63, 3.8) is 0 Å². The van der Waals surface area contributed by atoms with Crippen LogP contribution >= 0.6 is 0 Å². The van der Waals surface area contributed by atoms with E-state index in [2.05, 4.69) is 6.07 Å². The van der Waals surface area contributed by atoms with E-state index in [1.807, 2.05) is 32.0 Å². The molecule has 0 radical (unpaired) electrons. The van der Waals surface area contributed by atoms with Crippen LogP contribution < -0.4 is 11.5 Å². The third-order valence-electron chi connectivity index (χ3n) is 2.09. The molecule has 0 aliphatic heterocycles. The zero-order valence-corrected chi connectivity index (χ0v) is 8.38. The van der Waals surface area contributed by atoms with Crippen molar-refractivity contribution < 1.29 is 0 Å². The summed E-state index contributed by atoms with van der Waals surface area (Å²) in [4.78, 5) is 0. The Morgan fingerprint density at radius 2 is 1.85 bits per heavy atom. The molecular weight excluding hydrogens is 160 g/mol. The van der Waals surface area contributed by atoms with Crippen molar-refractivity contribution in [3.8, 4) is 0 Å². The predicted octanol–water partition coefficient (Wildman–Crippen LogP) is 1.94. The lowest BCUT2D eigenvalue weighted by molar-refractivity contribution is 0.477. The fraction of sp³-hybridized carbons (Fsp3) is 0.455. The monoisotopic (exact) mass is 178 g/mol. The molecule has 72 valence electrons. The highest BCUT2D eigenvalue weighted by Crippen LogP contribution is 2.16. The molecule has 0 amide bonds. The topological polar surface area (TPSA) is 52.0 Å². The van der Waals surface area contributed by atoms with Gasteiger partial charge in [-0.05, 0) is 38.3 Å². The van der Waals surface area contributed by atoms with Crippen molar-refractivity contribution in [2.24, 2.45) is 5.73 Å². The maximum absolute atomic E-state index is 5.89. The Hall–Kier alpha value is -1.02. The fourth-order valence-corrected chi connectivity index (χ4v) is 1.22. The highest BCUT2D eigenvalue weighted by molar-refractivity contribution is 5.46. The first kappa shape index (κ1) is 10.1. The molecule has 0 atom stereocenters. The summed E-state index contributed by atoms with van der Waals surface area (Å²) < 4.78 is 0. The number of aryl methyl sites for hydroxylation is 1. The van der Waals surface area contributed by atoms with Gasteiger partial charge in [-0.1, -0.05) is 18.2 Å². The minimum Gasteiger partial charge on any atom is -0.399 e. The molecule has 2 heteroatoms. The van der Waals surface area contributed by atoms with Gasteiger partial charge in [-0.15, -0.1) is 0 Å². The second kappa shape index (κ2) is 3.79. The van der Waals surface area contributed by atoms with Gasteiger partial charge >= 0.3 is 0 Å². The van der Waals surface area contributed by atoms with Crippen molar-refractivity contribution in [2.45, 2.75) is 32.2 Å². The zero-order chi connectivity index (χ0) is 9.90. The maximum atomic E-state index is 5.89. The van der Waals surface area contributed by atoms with Gasteiger partial charge in [0.15, 0.2) is 0 Å². The molecule has 1 aromatic carbocycles. The van der Waals surface area contributed by atoms with E-state index in [-0.39, 0.29) is 5.54 Å². The third kappa shape index (κ3) is 3.47. The van der Waals surface area contributed by atoms with Crippen molar-refractivity contribution in [2.75, 3.05) is 5.73 Å². The van der Waals surface area contributed by atoms with Gasteiger partial charge in [-0.25, -0.2) is 0 Å². The van der Waals surface area contributed by atoms with E-state index in [0.717, 1.165) is 18.5 Å². The van der Waals surface area contributed by atoms with Crippen molar-refractivity contribution in [3.05, 3.63) is 29.8 Å². The number of hydrogen-bond donors (Lipinski definition) is 2. The van der Waals surface area contributed by atoms with E-state index in [4.69, 9.17) is 11.5 Å². The van der Waals surface area contributed by atoms with E-state index < -0.39 is 0 Å². The number of para-hydroxylation sites is 1. The molecular formula is C11H18N2. The summed E-state index contributed by atoms with van der Waals surface area (Å²) in [6.45, 7) is 4.07. The molecule has 2 nitrogen and oxygen atoms in total. The van der Waals surface area contributed by atoms with E-state index in [1.54, 1.807) is 0 Å². The summed E-state index contributed by atoms with van der Waals surface area (Å²) in [7, 11) is 0. The Labute approximate surface area is 79.9 Å². The molecule has 0 aromatic heterocycles. The largest absolute Gasteiger partial charge is 0.399 e. The number of anilines is 1. The first-order chi connectivity index (χ1) is 5.99. The van der Waals surface area contributed by atoms with Crippen molar-refractivity contribution in [1.82, 2.24) is 0 Å². The van der Waals surface area contributed by atoms with E-state index >= 15 is 0 Å². The molecule has 13 heavy (non-hydrogen) atoms. The van der Waals surface area contributed by atoms with E-state index in [0.29, 0.717) is 0 Å². The number of benzene rings is 1. The molecule has 0 saturated heterocycles. The lowest BCUT2D eigenvalue weighted by atomic mass is 9.96. The second-order valence-electron chi connectivity index (χ2n) is 4.19. The van der Waals surface area contributed by atoms with Gasteiger partial charge in [0.05, 0.1) is 0 Å². The summed E-state index contributed by atoms with van der Waals surface area (Å²) >= 11 is 0. The van der Waals surface area contributed by atoms with E-state index in [9.17, 15) is 0 Å². The molecule has 1 rings (SSSR count). The molecule has 0 fully saturated rings. The van der Waals surface area contributed by atoms with E-state index in [1.165, 1.54) is 5.56 Å². The van der Waals surface area contributed by atoms with Gasteiger partial charge in [0.2, 0.25) is 0 Å². The summed E-state index contributed by atoms with van der Waals surface area (Å²) in [6, 6.07) is 7.95. The van der Waals surface area contributed by atoms with Gasteiger partial charge in [-0.2, -0.15) is 0 Å². The Bertz CT molecular complexity index is 274. The maximum Gasteiger partial charge on any atom is 0.0346 e. The van der Waals surface area contributed by atoms with Crippen LogP contribution in [0.2, 0.25) is 0 Å². The Morgan fingerprint density at radius 3 is 2.38 bits per heavy atom. The molecule has 0 unspecified atom stereocenters. The summed E-state index contributed by atoms with van der Waals surface area (Å²) in [6.07, 6.45) is 1.91. The van der Waals surface area contributed by atoms with Crippen LogP contribution in [0.4, 0.5) is 5.69 Å². The highest BCUT2D eigenvalue weighted by Gasteiger charge is 2.10. The summed E-state index contributed by atoms with van der Waals surface area (Å²) in [5.41, 5.74) is 13.7. The first-order valence-corrected chi connectivity index (χ1v) is 4.61.